The zero-order chi connectivity index (χ0) is 21.8. The highest BCUT2D eigenvalue weighted by molar-refractivity contribution is 6.11. The molecule has 2 heterocycles. The van der Waals surface area contributed by atoms with Gasteiger partial charge in [0.25, 0.3) is 0 Å². The first-order valence-corrected chi connectivity index (χ1v) is 9.99. The number of hydrogen-bond acceptors (Lipinski definition) is 9. The summed E-state index contributed by atoms with van der Waals surface area (Å²) in [6, 6.07) is 0. The Hall–Kier alpha value is -1.88. The second-order valence-electron chi connectivity index (χ2n) is 8.36. The largest absolute Gasteiger partial charge is 0.446 e. The molecule has 4 rings (SSSR count). The summed E-state index contributed by atoms with van der Waals surface area (Å²) in [7, 11) is 0. The molecule has 0 aromatic heterocycles. The van der Waals surface area contributed by atoms with Crippen molar-refractivity contribution in [3.8, 4) is 0 Å². The molecule has 1 spiro atoms. The van der Waals surface area contributed by atoms with Gasteiger partial charge in [0.2, 0.25) is 0 Å². The van der Waals surface area contributed by atoms with E-state index in [9.17, 15) is 30.0 Å². The van der Waals surface area contributed by atoms with Crippen molar-refractivity contribution in [3.05, 3.63) is 34.9 Å². The van der Waals surface area contributed by atoms with Crippen molar-refractivity contribution >= 4 is 11.8 Å². The maximum atomic E-state index is 12.8. The molecule has 0 amide bonds. The van der Waals surface area contributed by atoms with E-state index in [0.29, 0.717) is 41.6 Å². The Morgan fingerprint density at radius 3 is 2.67 bits per heavy atom. The molecule has 2 bridgehead atoms. The molecule has 9 heteroatoms. The Balaban J connectivity index is 1.61. The second-order valence-corrected chi connectivity index (χ2v) is 8.36. The Labute approximate surface area is 173 Å². The quantitative estimate of drug-likeness (QED) is 0.341. The topological polar surface area (TPSA) is 143 Å². The molecule has 2 aliphatic carbocycles. The van der Waals surface area contributed by atoms with Gasteiger partial charge in [0.05, 0.1) is 13.2 Å². The van der Waals surface area contributed by atoms with Gasteiger partial charge in [-0.05, 0) is 42.9 Å². The normalized spacial score (nSPS) is 41.4. The molecule has 0 saturated carbocycles. The van der Waals surface area contributed by atoms with Crippen molar-refractivity contribution in [2.45, 2.75) is 62.5 Å². The van der Waals surface area contributed by atoms with Gasteiger partial charge in [0, 0.05) is 17.6 Å². The molecule has 2 aliphatic heterocycles. The zero-order valence-electron chi connectivity index (χ0n) is 16.6. The number of hydrogen-bond donors (Lipinski definition) is 4. The molecular weight excluding hydrogens is 396 g/mol. The summed E-state index contributed by atoms with van der Waals surface area (Å²) < 4.78 is 16.8. The smallest absolute Gasteiger partial charge is 0.334 e. The number of fused-ring (bicyclic) bond motifs is 1. The number of ketones is 1. The lowest BCUT2D eigenvalue weighted by Gasteiger charge is -2.40. The summed E-state index contributed by atoms with van der Waals surface area (Å²) in [5.41, 5.74) is 0.900. The van der Waals surface area contributed by atoms with Gasteiger partial charge in [-0.1, -0.05) is 6.58 Å². The first-order valence-electron chi connectivity index (χ1n) is 9.99. The number of ether oxygens (including phenoxy) is 3. The number of carbonyl (C=O) groups is 2. The van der Waals surface area contributed by atoms with Crippen molar-refractivity contribution in [2.24, 2.45) is 5.92 Å². The zero-order valence-corrected chi connectivity index (χ0v) is 16.6. The molecular formula is C21H26O9. The molecule has 164 valence electrons. The van der Waals surface area contributed by atoms with Crippen LogP contribution in [0.25, 0.3) is 0 Å². The summed E-state index contributed by atoms with van der Waals surface area (Å²) >= 11 is 0. The fourth-order valence-corrected chi connectivity index (χ4v) is 4.82. The second kappa shape index (κ2) is 7.67. The highest BCUT2D eigenvalue weighted by Gasteiger charge is 2.55. The number of rotatable bonds is 4. The predicted octanol–water partition coefficient (Wildman–Crippen LogP) is -0.720. The van der Waals surface area contributed by atoms with E-state index >= 15 is 0 Å². The van der Waals surface area contributed by atoms with E-state index in [1.165, 1.54) is 6.08 Å². The van der Waals surface area contributed by atoms with Crippen LogP contribution in [0.1, 0.15) is 26.2 Å². The van der Waals surface area contributed by atoms with E-state index in [1.54, 1.807) is 6.92 Å². The van der Waals surface area contributed by atoms with Gasteiger partial charge in [0.15, 0.2) is 17.7 Å². The van der Waals surface area contributed by atoms with Crippen LogP contribution in [0.2, 0.25) is 0 Å². The Kier molecular flexibility index (Phi) is 5.46. The van der Waals surface area contributed by atoms with Gasteiger partial charge in [-0.15, -0.1) is 0 Å². The van der Waals surface area contributed by atoms with Gasteiger partial charge < -0.3 is 34.6 Å². The van der Waals surface area contributed by atoms with E-state index in [-0.39, 0.29) is 18.3 Å². The third-order valence-electron chi connectivity index (χ3n) is 6.61. The minimum absolute atomic E-state index is 0.108. The van der Waals surface area contributed by atoms with Crippen LogP contribution in [0.15, 0.2) is 34.9 Å². The standard InChI is InChI=1S/C21H26O9/c1-9-5-13(23)15-12(4-3-11-6-21(9,15)30-19(27)10(11)2)8-28-20-18(26)17(25)16(24)14(7-22)29-20/h5,11,14,16-18,20,22,24-26H,2-4,6-8H2,1H3/t11-,14-,16-,17+,18-,20-,21+/m1/s1. The first kappa shape index (κ1) is 21.4. The van der Waals surface area contributed by atoms with Crippen molar-refractivity contribution in [1.29, 1.82) is 0 Å². The van der Waals surface area contributed by atoms with Crippen LogP contribution in [0.3, 0.4) is 0 Å². The number of aliphatic hydroxyl groups is 4. The number of aliphatic hydroxyl groups excluding tert-OH is 4. The lowest BCUT2D eigenvalue weighted by atomic mass is 9.78. The van der Waals surface area contributed by atoms with Crippen LogP contribution >= 0.6 is 0 Å². The van der Waals surface area contributed by atoms with Gasteiger partial charge >= 0.3 is 5.97 Å². The third kappa shape index (κ3) is 3.17. The molecule has 0 aromatic rings. The highest BCUT2D eigenvalue weighted by Crippen LogP contribution is 2.51. The molecule has 0 radical (unpaired) electrons. The van der Waals surface area contributed by atoms with Crippen LogP contribution in [0.4, 0.5) is 0 Å². The van der Waals surface area contributed by atoms with Gasteiger partial charge in [-0.2, -0.15) is 0 Å². The summed E-state index contributed by atoms with van der Waals surface area (Å²) in [5.74, 6) is -0.886. The van der Waals surface area contributed by atoms with E-state index in [2.05, 4.69) is 6.58 Å². The molecule has 4 N–H and O–H groups in total. The van der Waals surface area contributed by atoms with E-state index < -0.39 is 48.9 Å². The Morgan fingerprint density at radius 1 is 1.23 bits per heavy atom. The maximum Gasteiger partial charge on any atom is 0.334 e. The highest BCUT2D eigenvalue weighted by atomic mass is 16.7. The summed E-state index contributed by atoms with van der Waals surface area (Å²) in [6.07, 6.45) is -4.02. The summed E-state index contributed by atoms with van der Waals surface area (Å²) in [6.45, 7) is 4.92. The van der Waals surface area contributed by atoms with Crippen LogP contribution in [0, 0.1) is 5.92 Å². The van der Waals surface area contributed by atoms with Gasteiger partial charge in [0.1, 0.15) is 24.4 Å². The Bertz CT molecular complexity index is 841. The number of esters is 1. The van der Waals surface area contributed by atoms with E-state index in [0.717, 1.165) is 0 Å². The monoisotopic (exact) mass is 422 g/mol. The molecule has 0 unspecified atom stereocenters. The van der Waals surface area contributed by atoms with Crippen LogP contribution in [-0.4, -0.2) is 81.7 Å². The van der Waals surface area contributed by atoms with Crippen LogP contribution < -0.4 is 0 Å². The molecule has 9 nitrogen and oxygen atoms in total. The minimum atomic E-state index is -1.56. The molecule has 0 aromatic carbocycles. The maximum absolute atomic E-state index is 12.8. The van der Waals surface area contributed by atoms with Crippen molar-refractivity contribution in [2.75, 3.05) is 13.2 Å². The van der Waals surface area contributed by atoms with Crippen molar-refractivity contribution < 1.29 is 44.2 Å². The average molecular weight is 422 g/mol. The van der Waals surface area contributed by atoms with E-state index in [1.807, 2.05) is 0 Å². The van der Waals surface area contributed by atoms with Gasteiger partial charge in [-0.3, -0.25) is 4.79 Å². The molecule has 2 saturated heterocycles. The minimum Gasteiger partial charge on any atom is -0.446 e. The molecule has 7 atom stereocenters. The van der Waals surface area contributed by atoms with Crippen LogP contribution in [-0.2, 0) is 23.8 Å². The average Bonchev–Trinajstić information content (AvgIpc) is 2.86. The lowest BCUT2D eigenvalue weighted by molar-refractivity contribution is -0.299. The third-order valence-corrected chi connectivity index (χ3v) is 6.61. The first-order chi connectivity index (χ1) is 14.2. The fourth-order valence-electron chi connectivity index (χ4n) is 4.82. The molecule has 30 heavy (non-hydrogen) atoms. The molecule has 4 aliphatic rings. The fraction of sp³-hybridized carbons (Fsp3) is 0.619. The van der Waals surface area contributed by atoms with Gasteiger partial charge in [-0.25, -0.2) is 4.79 Å². The molecule has 2 fully saturated rings. The predicted molar refractivity (Wildman–Crippen MR) is 101 cm³/mol. The van der Waals surface area contributed by atoms with Crippen LogP contribution in [0.5, 0.6) is 0 Å². The lowest BCUT2D eigenvalue weighted by Crippen LogP contribution is -2.59. The Morgan fingerprint density at radius 2 is 1.97 bits per heavy atom. The number of allylic oxidation sites excluding steroid dienone is 1. The number of carbonyl (C=O) groups excluding carboxylic acids is 2. The van der Waals surface area contributed by atoms with Crippen molar-refractivity contribution in [3.63, 3.8) is 0 Å². The van der Waals surface area contributed by atoms with Crippen molar-refractivity contribution in [1.82, 2.24) is 0 Å². The SMILES string of the molecule is C=C1C(=O)O[C@]23C[C@H]1CCC(CO[C@@H]1O[C@H](CO)[C@@H](O)[C@H](O)[C@H]1O)=C2C(=O)C=C3C. The summed E-state index contributed by atoms with van der Waals surface area (Å²) in [5, 5.41) is 39.4. The van der Waals surface area contributed by atoms with E-state index in [4.69, 9.17) is 14.2 Å². The summed E-state index contributed by atoms with van der Waals surface area (Å²) in [4.78, 5) is 25.2.